The van der Waals surface area contributed by atoms with Gasteiger partial charge in [0.15, 0.2) is 5.96 Å². The van der Waals surface area contributed by atoms with Gasteiger partial charge in [0.25, 0.3) is 0 Å². The lowest BCUT2D eigenvalue weighted by atomic mass is 9.75. The molecule has 5 heteroatoms. The zero-order valence-electron chi connectivity index (χ0n) is 15.2. The van der Waals surface area contributed by atoms with E-state index in [0.29, 0.717) is 17.6 Å². The highest BCUT2D eigenvalue weighted by molar-refractivity contribution is 5.79. The lowest BCUT2D eigenvalue weighted by Crippen LogP contribution is -2.46. The molecule has 1 saturated carbocycles. The summed E-state index contributed by atoms with van der Waals surface area (Å²) in [5.74, 6) is 0.931. The molecule has 0 aromatic rings. The van der Waals surface area contributed by atoms with Crippen molar-refractivity contribution >= 4 is 5.96 Å². The first-order valence-electron chi connectivity index (χ1n) is 9.25. The molecular weight excluding hydrogens is 290 g/mol. The number of rotatable bonds is 6. The molecule has 5 nitrogen and oxygen atoms in total. The fourth-order valence-corrected chi connectivity index (χ4v) is 3.30. The molecule has 0 amide bonds. The molecule has 134 valence electrons. The minimum absolute atomic E-state index is 0.395. The minimum Gasteiger partial charge on any atom is -0.381 e. The van der Waals surface area contributed by atoms with Crippen LogP contribution in [0.25, 0.3) is 0 Å². The summed E-state index contributed by atoms with van der Waals surface area (Å²) in [6, 6.07) is 0.563. The van der Waals surface area contributed by atoms with E-state index in [1.807, 2.05) is 7.05 Å². The molecule has 1 heterocycles. The standard InChI is InChI=1S/C18H35N3O2/c1-18(2)9-5-15(6-10-18)21-17(19-3)20-11-4-12-23-16-7-13-22-14-8-16/h15-16H,4-14H2,1-3H3,(H2,19,20,21). The quantitative estimate of drug-likeness (QED) is 0.448. The number of ether oxygens (including phenoxy) is 2. The third-order valence-electron chi connectivity index (χ3n) is 5.04. The van der Waals surface area contributed by atoms with Crippen molar-refractivity contribution in [3.8, 4) is 0 Å². The largest absolute Gasteiger partial charge is 0.381 e. The smallest absolute Gasteiger partial charge is 0.191 e. The highest BCUT2D eigenvalue weighted by Gasteiger charge is 2.27. The van der Waals surface area contributed by atoms with Crippen LogP contribution in [-0.2, 0) is 9.47 Å². The summed E-state index contributed by atoms with van der Waals surface area (Å²) in [5.41, 5.74) is 0.511. The summed E-state index contributed by atoms with van der Waals surface area (Å²) >= 11 is 0. The molecule has 2 aliphatic rings. The number of nitrogens with one attached hydrogen (secondary N) is 2. The molecule has 23 heavy (non-hydrogen) atoms. The summed E-state index contributed by atoms with van der Waals surface area (Å²) in [4.78, 5) is 4.34. The fraction of sp³-hybridized carbons (Fsp3) is 0.944. The molecule has 2 rings (SSSR count). The number of guanidine groups is 1. The highest BCUT2D eigenvalue weighted by Crippen LogP contribution is 2.34. The van der Waals surface area contributed by atoms with Gasteiger partial charge in [-0.3, -0.25) is 4.99 Å². The van der Waals surface area contributed by atoms with E-state index < -0.39 is 0 Å². The molecule has 1 saturated heterocycles. The van der Waals surface area contributed by atoms with Gasteiger partial charge in [-0.2, -0.15) is 0 Å². The van der Waals surface area contributed by atoms with Gasteiger partial charge in [0.05, 0.1) is 6.10 Å². The average molecular weight is 325 g/mol. The van der Waals surface area contributed by atoms with Crippen LogP contribution in [0, 0.1) is 5.41 Å². The van der Waals surface area contributed by atoms with Crippen molar-refractivity contribution in [2.45, 2.75) is 70.9 Å². The van der Waals surface area contributed by atoms with Gasteiger partial charge in [0.2, 0.25) is 0 Å². The summed E-state index contributed by atoms with van der Waals surface area (Å²) in [7, 11) is 1.85. The van der Waals surface area contributed by atoms with Crippen molar-refractivity contribution in [3.05, 3.63) is 0 Å². The molecule has 0 aromatic heterocycles. The molecule has 0 bridgehead atoms. The average Bonchev–Trinajstić information content (AvgIpc) is 2.56. The Bertz CT molecular complexity index is 355. The van der Waals surface area contributed by atoms with Gasteiger partial charge < -0.3 is 20.1 Å². The zero-order chi connectivity index (χ0) is 16.5. The van der Waals surface area contributed by atoms with Crippen LogP contribution in [0.15, 0.2) is 4.99 Å². The normalized spacial score (nSPS) is 23.7. The van der Waals surface area contributed by atoms with E-state index in [-0.39, 0.29) is 0 Å². The molecule has 0 spiro atoms. The van der Waals surface area contributed by atoms with E-state index in [0.717, 1.165) is 51.6 Å². The predicted molar refractivity (Wildman–Crippen MR) is 94.9 cm³/mol. The van der Waals surface area contributed by atoms with Crippen molar-refractivity contribution < 1.29 is 9.47 Å². The van der Waals surface area contributed by atoms with E-state index in [9.17, 15) is 0 Å². The first-order chi connectivity index (χ1) is 11.1. The Hall–Kier alpha value is -0.810. The Morgan fingerprint density at radius 2 is 1.87 bits per heavy atom. The third kappa shape index (κ3) is 7.08. The van der Waals surface area contributed by atoms with Crippen molar-refractivity contribution in [2.24, 2.45) is 10.4 Å². The molecule has 1 aliphatic heterocycles. The third-order valence-corrected chi connectivity index (χ3v) is 5.04. The molecule has 0 atom stereocenters. The Kier molecular flexibility index (Phi) is 7.63. The fourth-order valence-electron chi connectivity index (χ4n) is 3.30. The van der Waals surface area contributed by atoms with E-state index in [4.69, 9.17) is 9.47 Å². The highest BCUT2D eigenvalue weighted by atomic mass is 16.5. The first kappa shape index (κ1) is 18.5. The zero-order valence-corrected chi connectivity index (χ0v) is 15.2. The van der Waals surface area contributed by atoms with E-state index in [1.165, 1.54) is 25.7 Å². The van der Waals surface area contributed by atoms with Gasteiger partial charge in [-0.25, -0.2) is 0 Å². The number of hydrogen-bond donors (Lipinski definition) is 2. The predicted octanol–water partition coefficient (Wildman–Crippen LogP) is 2.71. The summed E-state index contributed by atoms with van der Waals surface area (Å²) in [6.45, 7) is 8.15. The summed E-state index contributed by atoms with van der Waals surface area (Å²) < 4.78 is 11.2. The molecule has 0 aromatic carbocycles. The second-order valence-corrected chi connectivity index (χ2v) is 7.62. The number of hydrogen-bond acceptors (Lipinski definition) is 3. The van der Waals surface area contributed by atoms with E-state index in [1.54, 1.807) is 0 Å². The van der Waals surface area contributed by atoms with Crippen LogP contribution in [0.3, 0.4) is 0 Å². The molecular formula is C18H35N3O2. The minimum atomic E-state index is 0.395. The number of aliphatic imine (C=N–C) groups is 1. The lowest BCUT2D eigenvalue weighted by molar-refractivity contribution is -0.0320. The summed E-state index contributed by atoms with van der Waals surface area (Å²) in [5, 5.41) is 6.97. The first-order valence-corrected chi connectivity index (χ1v) is 9.25. The topological polar surface area (TPSA) is 54.9 Å². The maximum Gasteiger partial charge on any atom is 0.191 e. The maximum absolute atomic E-state index is 5.89. The van der Waals surface area contributed by atoms with Gasteiger partial charge >= 0.3 is 0 Å². The van der Waals surface area contributed by atoms with Gasteiger partial charge in [-0.1, -0.05) is 13.8 Å². The van der Waals surface area contributed by atoms with Crippen LogP contribution >= 0.6 is 0 Å². The Morgan fingerprint density at radius 3 is 2.52 bits per heavy atom. The molecule has 1 aliphatic carbocycles. The van der Waals surface area contributed by atoms with Crippen molar-refractivity contribution in [1.82, 2.24) is 10.6 Å². The van der Waals surface area contributed by atoms with Gasteiger partial charge in [0.1, 0.15) is 0 Å². The van der Waals surface area contributed by atoms with Crippen LogP contribution in [0.4, 0.5) is 0 Å². The van der Waals surface area contributed by atoms with E-state index >= 15 is 0 Å². The SMILES string of the molecule is CN=C(NCCCOC1CCOCC1)NC1CCC(C)(C)CC1. The van der Waals surface area contributed by atoms with Crippen LogP contribution in [0.2, 0.25) is 0 Å². The Balaban J connectivity index is 1.54. The lowest BCUT2D eigenvalue weighted by Gasteiger charge is -2.35. The van der Waals surface area contributed by atoms with Gasteiger partial charge in [0, 0.05) is 39.5 Å². The Morgan fingerprint density at radius 1 is 1.17 bits per heavy atom. The molecule has 2 N–H and O–H groups in total. The van der Waals surface area contributed by atoms with Crippen LogP contribution in [-0.4, -0.2) is 51.5 Å². The second-order valence-electron chi connectivity index (χ2n) is 7.62. The van der Waals surface area contributed by atoms with Crippen molar-refractivity contribution in [1.29, 1.82) is 0 Å². The Labute approximate surface area is 141 Å². The summed E-state index contributed by atoms with van der Waals surface area (Å²) in [6.07, 6.45) is 8.54. The second kappa shape index (κ2) is 9.48. The molecule has 0 radical (unpaired) electrons. The number of nitrogens with zero attached hydrogens (tertiary/aromatic N) is 1. The van der Waals surface area contributed by atoms with Crippen LogP contribution in [0.1, 0.15) is 58.8 Å². The monoisotopic (exact) mass is 325 g/mol. The molecule has 0 unspecified atom stereocenters. The van der Waals surface area contributed by atoms with Crippen LogP contribution < -0.4 is 10.6 Å². The maximum atomic E-state index is 5.89. The van der Waals surface area contributed by atoms with Crippen molar-refractivity contribution in [2.75, 3.05) is 33.4 Å². The van der Waals surface area contributed by atoms with Crippen LogP contribution in [0.5, 0.6) is 0 Å². The van der Waals surface area contributed by atoms with E-state index in [2.05, 4.69) is 29.5 Å². The van der Waals surface area contributed by atoms with Gasteiger partial charge in [-0.05, 0) is 50.4 Å². The molecule has 2 fully saturated rings. The van der Waals surface area contributed by atoms with Crippen molar-refractivity contribution in [3.63, 3.8) is 0 Å². The van der Waals surface area contributed by atoms with Gasteiger partial charge in [-0.15, -0.1) is 0 Å².